The molecular formula is C47H35IrN3S-2. The van der Waals surface area contributed by atoms with Gasteiger partial charge in [-0.25, -0.2) is 0 Å². The first kappa shape index (κ1) is 27.2. The number of hydrogen-bond acceptors (Lipinski definition) is 3. The zero-order chi connectivity index (χ0) is 40.6. The number of fused-ring (bicyclic) bond motifs is 2. The Kier molecular flexibility index (Phi) is 8.08. The molecule has 0 aliphatic rings. The van der Waals surface area contributed by atoms with Crippen LogP contribution in [0.3, 0.4) is 0 Å². The van der Waals surface area contributed by atoms with Crippen LogP contribution in [0.5, 0.6) is 0 Å². The smallest absolute Gasteiger partial charge is 0.0774 e. The third kappa shape index (κ3) is 7.04. The van der Waals surface area contributed by atoms with E-state index in [4.69, 9.17) is 14.6 Å². The van der Waals surface area contributed by atoms with Gasteiger partial charge in [0, 0.05) is 45.7 Å². The second-order valence-electron chi connectivity index (χ2n) is 12.1. The maximum Gasteiger partial charge on any atom is 0.0774 e. The fraction of sp³-hybridized carbons (Fsp3) is 0.0638. The number of pyridine rings is 1. The van der Waals surface area contributed by atoms with Crippen LogP contribution in [0, 0.1) is 32.1 Å². The summed E-state index contributed by atoms with van der Waals surface area (Å²) in [7, 11) is 0. The van der Waals surface area contributed by atoms with Gasteiger partial charge in [0.1, 0.15) is 0 Å². The molecule has 0 unspecified atom stereocenters. The predicted octanol–water partition coefficient (Wildman–Crippen LogP) is 12.5. The maximum absolute atomic E-state index is 8.28. The molecule has 0 spiro atoms. The monoisotopic (exact) mass is 873 g/mol. The fourth-order valence-electron chi connectivity index (χ4n) is 6.28. The Bertz CT molecular complexity index is 2750. The van der Waals surface area contributed by atoms with Crippen LogP contribution in [0.2, 0.25) is 0 Å². The SMILES string of the molecule is [2H]C([2H])([2H])c1c[c-]c(-c2ccc(C([2H])([2H])[2H])cn2)cc1.[2H]c1ccc2s[c-]c(-c3nc4ccccc4n3-c3c(-c4ccccc4)cc(C)cc3-c3ccccc3)c2c1.[Ir]. The first-order chi connectivity index (χ1) is 27.8. The van der Waals surface area contributed by atoms with Crippen molar-refractivity contribution in [2.45, 2.75) is 20.6 Å². The van der Waals surface area contributed by atoms with Crippen molar-refractivity contribution in [3.63, 3.8) is 0 Å². The Morgan fingerprint density at radius 2 is 1.40 bits per heavy atom. The fourth-order valence-corrected chi connectivity index (χ4v) is 7.10. The van der Waals surface area contributed by atoms with Crippen LogP contribution in [-0.4, -0.2) is 14.5 Å². The summed E-state index contributed by atoms with van der Waals surface area (Å²) < 4.78 is 55.3. The van der Waals surface area contributed by atoms with Gasteiger partial charge in [0.15, 0.2) is 0 Å². The molecule has 0 amide bonds. The van der Waals surface area contributed by atoms with Gasteiger partial charge in [0.25, 0.3) is 0 Å². The molecule has 255 valence electrons. The minimum absolute atomic E-state index is 0. The summed E-state index contributed by atoms with van der Waals surface area (Å²) in [4.78, 5) is 9.26. The molecular weight excluding hydrogens is 831 g/mol. The van der Waals surface area contributed by atoms with Crippen molar-refractivity contribution >= 4 is 32.5 Å². The molecule has 1 radical (unpaired) electrons. The second-order valence-corrected chi connectivity index (χ2v) is 13.0. The summed E-state index contributed by atoms with van der Waals surface area (Å²) >= 11 is 1.57. The minimum atomic E-state index is -2.18. The van der Waals surface area contributed by atoms with Crippen LogP contribution in [-0.2, 0) is 20.1 Å². The third-order valence-electron chi connectivity index (χ3n) is 8.64. The molecule has 0 saturated carbocycles. The molecule has 52 heavy (non-hydrogen) atoms. The number of benzene rings is 6. The van der Waals surface area contributed by atoms with E-state index in [0.29, 0.717) is 17.3 Å². The van der Waals surface area contributed by atoms with E-state index in [1.54, 1.807) is 23.5 Å². The number of aryl methyl sites for hydroxylation is 3. The molecule has 0 aliphatic heterocycles. The molecule has 3 aromatic heterocycles. The molecule has 0 aliphatic carbocycles. The van der Waals surface area contributed by atoms with Gasteiger partial charge >= 0.3 is 0 Å². The van der Waals surface area contributed by atoms with Crippen LogP contribution in [0.15, 0.2) is 158 Å². The van der Waals surface area contributed by atoms with Gasteiger partial charge in [0.05, 0.1) is 23.9 Å². The van der Waals surface area contributed by atoms with Crippen molar-refractivity contribution in [1.29, 1.82) is 0 Å². The number of imidazole rings is 1. The normalized spacial score (nSPS) is 13.3. The summed E-state index contributed by atoms with van der Waals surface area (Å²) in [6.45, 7) is -2.18. The van der Waals surface area contributed by atoms with Crippen molar-refractivity contribution in [2.24, 2.45) is 0 Å². The van der Waals surface area contributed by atoms with Gasteiger partial charge in [-0.1, -0.05) is 126 Å². The molecule has 0 N–H and O–H groups in total. The van der Waals surface area contributed by atoms with Gasteiger partial charge in [-0.05, 0) is 66.0 Å². The number of para-hydroxylation sites is 2. The van der Waals surface area contributed by atoms with E-state index in [1.165, 1.54) is 30.0 Å². The molecule has 0 atom stereocenters. The largest absolute Gasteiger partial charge is 0.332 e. The summed E-state index contributed by atoms with van der Waals surface area (Å²) in [5.74, 6) is 0.835. The van der Waals surface area contributed by atoms with Crippen molar-refractivity contribution in [3.05, 3.63) is 186 Å². The van der Waals surface area contributed by atoms with Crippen molar-refractivity contribution in [1.82, 2.24) is 14.5 Å². The standard InChI is InChI=1S/C34H23N2S.C13H12N.Ir/c1-23-20-27(24-12-4-2-5-13-24)33(28(21-23)25-14-6-3-7-15-25)36-31-18-10-9-17-30(31)35-34(36)29-22-37-32-19-11-8-16-26(29)32;1-10-3-6-12(7-4-10)13-8-5-11(2)9-14-13;/h2-21H,1H3;3-6,8-9H,1-2H3;/q2*-1;/i8D;1D3,2D3;. The minimum Gasteiger partial charge on any atom is -0.332 e. The van der Waals surface area contributed by atoms with Crippen LogP contribution in [0.4, 0.5) is 0 Å². The average Bonchev–Trinajstić information content (AvgIpc) is 3.82. The average molecular weight is 873 g/mol. The Labute approximate surface area is 332 Å². The molecule has 6 aromatic carbocycles. The van der Waals surface area contributed by atoms with E-state index in [9.17, 15) is 0 Å². The van der Waals surface area contributed by atoms with E-state index in [-0.39, 0.29) is 31.2 Å². The number of nitrogens with zero attached hydrogens (tertiary/aromatic N) is 3. The van der Waals surface area contributed by atoms with Gasteiger partial charge in [-0.2, -0.15) is 0 Å². The summed E-state index contributed by atoms with van der Waals surface area (Å²) in [6, 6.07) is 50.7. The van der Waals surface area contributed by atoms with E-state index < -0.39 is 13.7 Å². The molecule has 3 heterocycles. The first-order valence-electron chi connectivity index (χ1n) is 20.0. The number of thiophene rings is 1. The maximum atomic E-state index is 8.28. The topological polar surface area (TPSA) is 30.7 Å². The summed E-state index contributed by atoms with van der Waals surface area (Å²) in [5.41, 5.74) is 11.3. The number of aromatic nitrogens is 3. The molecule has 9 rings (SSSR count). The Morgan fingerprint density at radius 3 is 2.06 bits per heavy atom. The summed E-state index contributed by atoms with van der Waals surface area (Å²) in [6.07, 6.45) is 1.30. The van der Waals surface area contributed by atoms with E-state index in [0.717, 1.165) is 60.4 Å². The Balaban J connectivity index is 0.000000214. The zero-order valence-corrected chi connectivity index (χ0v) is 31.2. The zero-order valence-electron chi connectivity index (χ0n) is 35.0. The quantitative estimate of drug-likeness (QED) is 0.161. The Hall–Kier alpha value is -5.45. The van der Waals surface area contributed by atoms with Gasteiger partial charge in [-0.3, -0.25) is 16.3 Å². The van der Waals surface area contributed by atoms with Crippen LogP contribution >= 0.6 is 11.3 Å². The van der Waals surface area contributed by atoms with E-state index in [2.05, 4.69) is 119 Å². The second kappa shape index (κ2) is 15.4. The van der Waals surface area contributed by atoms with E-state index >= 15 is 0 Å². The molecule has 0 fully saturated rings. The van der Waals surface area contributed by atoms with E-state index in [1.807, 2.05) is 24.3 Å². The van der Waals surface area contributed by atoms with Crippen LogP contribution < -0.4 is 0 Å². The van der Waals surface area contributed by atoms with Crippen molar-refractivity contribution in [2.75, 3.05) is 0 Å². The van der Waals surface area contributed by atoms with Gasteiger partial charge in [0.2, 0.25) is 0 Å². The predicted molar refractivity (Wildman–Crippen MR) is 214 cm³/mol. The van der Waals surface area contributed by atoms with Gasteiger partial charge < -0.3 is 9.55 Å². The van der Waals surface area contributed by atoms with Gasteiger partial charge in [-0.15, -0.1) is 46.8 Å². The van der Waals surface area contributed by atoms with Crippen LogP contribution in [0.1, 0.15) is 26.3 Å². The van der Waals surface area contributed by atoms with Crippen molar-refractivity contribution < 1.29 is 29.7 Å². The third-order valence-corrected chi connectivity index (χ3v) is 9.52. The molecule has 5 heteroatoms. The first-order valence-corrected chi connectivity index (χ1v) is 17.3. The molecule has 9 aromatic rings. The molecule has 3 nitrogen and oxygen atoms in total. The molecule has 0 bridgehead atoms. The van der Waals surface area contributed by atoms with Crippen molar-refractivity contribution in [3.8, 4) is 50.6 Å². The Morgan fingerprint density at radius 1 is 0.712 bits per heavy atom. The summed E-state index contributed by atoms with van der Waals surface area (Å²) in [5, 5.41) is 4.54. The number of hydrogen-bond donors (Lipinski definition) is 0. The molecule has 0 saturated heterocycles. The number of rotatable bonds is 5. The van der Waals surface area contributed by atoms with Crippen LogP contribution in [0.25, 0.3) is 71.7 Å².